The molecule has 194 valence electrons. The average molecular weight is 511 g/mol. The number of carbonyl (C=O) groups excluding carboxylic acids is 2. The number of aliphatic hydroxyl groups is 1. The zero-order valence-electron chi connectivity index (χ0n) is 21.0. The normalized spacial score (nSPS) is 12.3. The van der Waals surface area contributed by atoms with E-state index in [0.717, 1.165) is 11.1 Å². The fraction of sp³-hybridized carbons (Fsp3) is 0.167. The first-order valence-electron chi connectivity index (χ1n) is 12.3. The van der Waals surface area contributed by atoms with Gasteiger partial charge in [0.1, 0.15) is 0 Å². The molecule has 0 aliphatic rings. The molecule has 0 aliphatic carbocycles. The largest absolute Gasteiger partial charge is 0.436 e. The summed E-state index contributed by atoms with van der Waals surface area (Å²) in [7, 11) is 0. The summed E-state index contributed by atoms with van der Waals surface area (Å²) in [6, 6.07) is 26.6. The Hall–Kier alpha value is -4.69. The molecule has 4 N–H and O–H groups in total. The molecule has 0 radical (unpaired) electrons. The molecule has 4 aromatic rings. The van der Waals surface area contributed by atoms with Gasteiger partial charge in [-0.2, -0.15) is 0 Å². The molecule has 0 aliphatic heterocycles. The van der Waals surface area contributed by atoms with E-state index in [2.05, 4.69) is 10.3 Å². The lowest BCUT2D eigenvalue weighted by molar-refractivity contribution is 0.0587. The maximum absolute atomic E-state index is 13.4. The van der Waals surface area contributed by atoms with Gasteiger partial charge in [0.15, 0.2) is 6.10 Å². The molecule has 0 saturated heterocycles. The van der Waals surface area contributed by atoms with Crippen molar-refractivity contribution < 1.29 is 19.4 Å². The monoisotopic (exact) mass is 510 g/mol. The van der Waals surface area contributed by atoms with E-state index in [1.807, 2.05) is 43.3 Å². The summed E-state index contributed by atoms with van der Waals surface area (Å²) in [6.07, 6.45) is 2.04. The molecule has 3 aromatic carbocycles. The standard InChI is InChI=1S/C30H30N4O4/c1-21(25-10-7-17-32-20-25)34(18-19-35)30(37)38-28(22-8-3-2-4-9-22)23-13-15-24(16-14-23)29(36)33-27-12-6-5-11-26(27)31/h2-17,20-21,28,35H,18-19,31H2,1H3,(H,33,36)/t21-,28-/m0/s1. The fourth-order valence-electron chi connectivity index (χ4n) is 4.09. The number of rotatable bonds is 9. The average Bonchev–Trinajstić information content (AvgIpc) is 2.96. The Balaban J connectivity index is 1.57. The number of hydrogen-bond donors (Lipinski definition) is 3. The zero-order valence-corrected chi connectivity index (χ0v) is 21.0. The third kappa shape index (κ3) is 6.35. The summed E-state index contributed by atoms with van der Waals surface area (Å²) in [5.74, 6) is -0.304. The Bertz CT molecular complexity index is 1350. The van der Waals surface area contributed by atoms with Gasteiger partial charge in [0.05, 0.1) is 24.0 Å². The number of pyridine rings is 1. The van der Waals surface area contributed by atoms with Crippen molar-refractivity contribution in [1.29, 1.82) is 0 Å². The number of aromatic nitrogens is 1. The minimum atomic E-state index is -0.729. The molecule has 0 saturated carbocycles. The van der Waals surface area contributed by atoms with E-state index < -0.39 is 12.2 Å². The van der Waals surface area contributed by atoms with Gasteiger partial charge >= 0.3 is 6.09 Å². The number of amides is 2. The summed E-state index contributed by atoms with van der Waals surface area (Å²) in [5, 5.41) is 12.5. The third-order valence-electron chi connectivity index (χ3n) is 6.22. The Morgan fingerprint density at radius 2 is 1.58 bits per heavy atom. The summed E-state index contributed by atoms with van der Waals surface area (Å²) in [5.41, 5.74) is 9.66. The molecule has 0 unspecified atom stereocenters. The molecule has 2 amide bonds. The van der Waals surface area contributed by atoms with Crippen molar-refractivity contribution in [3.05, 3.63) is 126 Å². The van der Waals surface area contributed by atoms with Crippen molar-refractivity contribution in [2.24, 2.45) is 0 Å². The SMILES string of the molecule is C[C@@H](c1cccnc1)N(CCO)C(=O)O[C@@H](c1ccccc1)c1ccc(C(=O)Nc2ccccc2N)cc1. The number of ether oxygens (including phenoxy) is 1. The number of carbonyl (C=O) groups is 2. The zero-order chi connectivity index (χ0) is 26.9. The summed E-state index contributed by atoms with van der Waals surface area (Å²) in [6.45, 7) is 1.74. The lowest BCUT2D eigenvalue weighted by Crippen LogP contribution is -2.37. The van der Waals surface area contributed by atoms with Gasteiger partial charge < -0.3 is 20.9 Å². The van der Waals surface area contributed by atoms with Crippen molar-refractivity contribution >= 4 is 23.4 Å². The van der Waals surface area contributed by atoms with E-state index in [1.54, 1.807) is 67.0 Å². The number of aliphatic hydroxyl groups excluding tert-OH is 1. The number of hydrogen-bond acceptors (Lipinski definition) is 6. The number of nitrogens with zero attached hydrogens (tertiary/aromatic N) is 2. The molecular formula is C30H30N4O4. The Morgan fingerprint density at radius 3 is 2.24 bits per heavy atom. The number of nitrogens with one attached hydrogen (secondary N) is 1. The first kappa shape index (κ1) is 26.4. The fourth-order valence-corrected chi connectivity index (χ4v) is 4.09. The summed E-state index contributed by atoms with van der Waals surface area (Å²) >= 11 is 0. The predicted octanol–water partition coefficient (Wildman–Crippen LogP) is 5.20. The van der Waals surface area contributed by atoms with Crippen LogP contribution >= 0.6 is 0 Å². The van der Waals surface area contributed by atoms with Gasteiger partial charge in [-0.05, 0) is 53.9 Å². The van der Waals surface area contributed by atoms with Crippen LogP contribution in [0.25, 0.3) is 0 Å². The van der Waals surface area contributed by atoms with Gasteiger partial charge in [-0.15, -0.1) is 0 Å². The molecule has 38 heavy (non-hydrogen) atoms. The molecule has 8 nitrogen and oxygen atoms in total. The maximum Gasteiger partial charge on any atom is 0.411 e. The number of benzene rings is 3. The van der Waals surface area contributed by atoms with Crippen LogP contribution in [-0.4, -0.2) is 40.1 Å². The van der Waals surface area contributed by atoms with E-state index in [1.165, 1.54) is 4.90 Å². The van der Waals surface area contributed by atoms with Gasteiger partial charge in [0, 0.05) is 24.5 Å². The smallest absolute Gasteiger partial charge is 0.411 e. The van der Waals surface area contributed by atoms with Crippen LogP contribution in [0.15, 0.2) is 103 Å². The number of anilines is 2. The number of para-hydroxylation sites is 2. The van der Waals surface area contributed by atoms with Gasteiger partial charge in [-0.1, -0.05) is 60.7 Å². The first-order chi connectivity index (χ1) is 18.5. The second-order valence-electron chi connectivity index (χ2n) is 8.72. The highest BCUT2D eigenvalue weighted by atomic mass is 16.6. The molecule has 1 aromatic heterocycles. The molecule has 0 fully saturated rings. The van der Waals surface area contributed by atoms with Crippen LogP contribution in [0.4, 0.5) is 16.2 Å². The Kier molecular flexibility index (Phi) is 8.69. The summed E-state index contributed by atoms with van der Waals surface area (Å²) < 4.78 is 6.03. The van der Waals surface area contributed by atoms with Crippen molar-refractivity contribution in [3.63, 3.8) is 0 Å². The van der Waals surface area contributed by atoms with Crippen LogP contribution in [0.5, 0.6) is 0 Å². The minimum Gasteiger partial charge on any atom is -0.436 e. The second-order valence-corrected chi connectivity index (χ2v) is 8.72. The topological polar surface area (TPSA) is 118 Å². The molecule has 1 heterocycles. The highest BCUT2D eigenvalue weighted by Gasteiger charge is 2.27. The van der Waals surface area contributed by atoms with Crippen molar-refractivity contribution in [3.8, 4) is 0 Å². The number of nitrogens with two attached hydrogens (primary N) is 1. The highest BCUT2D eigenvalue weighted by molar-refractivity contribution is 6.05. The molecule has 2 atom stereocenters. The van der Waals surface area contributed by atoms with Gasteiger partial charge in [-0.25, -0.2) is 4.79 Å². The Labute approximate surface area is 221 Å². The molecule has 0 spiro atoms. The molecular weight excluding hydrogens is 480 g/mol. The number of nitrogen functional groups attached to an aromatic ring is 1. The van der Waals surface area contributed by atoms with Crippen LogP contribution in [0, 0.1) is 0 Å². The van der Waals surface area contributed by atoms with Crippen LogP contribution < -0.4 is 11.1 Å². The van der Waals surface area contributed by atoms with Crippen molar-refractivity contribution in [2.45, 2.75) is 19.1 Å². The second kappa shape index (κ2) is 12.5. The van der Waals surface area contributed by atoms with E-state index in [9.17, 15) is 14.7 Å². The van der Waals surface area contributed by atoms with Crippen LogP contribution in [-0.2, 0) is 4.74 Å². The predicted molar refractivity (Wildman–Crippen MR) is 146 cm³/mol. The van der Waals surface area contributed by atoms with Crippen molar-refractivity contribution in [2.75, 3.05) is 24.2 Å². The highest BCUT2D eigenvalue weighted by Crippen LogP contribution is 2.29. The first-order valence-corrected chi connectivity index (χ1v) is 12.3. The lowest BCUT2D eigenvalue weighted by atomic mass is 10.00. The van der Waals surface area contributed by atoms with Crippen LogP contribution in [0.1, 0.15) is 46.1 Å². The van der Waals surface area contributed by atoms with E-state index in [0.29, 0.717) is 22.5 Å². The lowest BCUT2D eigenvalue weighted by Gasteiger charge is -2.30. The van der Waals surface area contributed by atoms with E-state index in [-0.39, 0.29) is 25.1 Å². The van der Waals surface area contributed by atoms with Crippen LogP contribution in [0.2, 0.25) is 0 Å². The van der Waals surface area contributed by atoms with Gasteiger partial charge in [-0.3, -0.25) is 14.7 Å². The Morgan fingerprint density at radius 1 is 0.921 bits per heavy atom. The summed E-state index contributed by atoms with van der Waals surface area (Å²) in [4.78, 5) is 31.8. The van der Waals surface area contributed by atoms with Gasteiger partial charge in [0.25, 0.3) is 5.91 Å². The molecule has 8 heteroatoms. The van der Waals surface area contributed by atoms with Crippen LogP contribution in [0.3, 0.4) is 0 Å². The van der Waals surface area contributed by atoms with Crippen molar-refractivity contribution in [1.82, 2.24) is 9.88 Å². The quantitative estimate of drug-likeness (QED) is 0.267. The van der Waals surface area contributed by atoms with E-state index in [4.69, 9.17) is 10.5 Å². The van der Waals surface area contributed by atoms with E-state index >= 15 is 0 Å². The third-order valence-corrected chi connectivity index (χ3v) is 6.22. The molecule has 4 rings (SSSR count). The maximum atomic E-state index is 13.4. The molecule has 0 bridgehead atoms. The minimum absolute atomic E-state index is 0.0954. The van der Waals surface area contributed by atoms with Gasteiger partial charge in [0.2, 0.25) is 0 Å².